The Balaban J connectivity index is 1.70. The summed E-state index contributed by atoms with van der Waals surface area (Å²) in [6, 6.07) is 14.5. The molecule has 2 N–H and O–H groups in total. The summed E-state index contributed by atoms with van der Waals surface area (Å²) in [6.07, 6.45) is 1.84. The third-order valence-electron chi connectivity index (χ3n) is 4.66. The minimum absolute atomic E-state index is 0.0120. The highest BCUT2D eigenvalue weighted by molar-refractivity contribution is 6.01. The first-order chi connectivity index (χ1) is 11.7. The number of hydrogen-bond acceptors (Lipinski definition) is 4. The molecule has 0 saturated carbocycles. The molecule has 2 aliphatic rings. The van der Waals surface area contributed by atoms with Crippen LogP contribution in [0.2, 0.25) is 0 Å². The molecule has 2 aromatic carbocycles. The van der Waals surface area contributed by atoms with Gasteiger partial charge < -0.3 is 20.1 Å². The topological polar surface area (TPSA) is 61.8 Å². The van der Waals surface area contributed by atoms with Crippen molar-refractivity contribution in [2.45, 2.75) is 25.1 Å². The number of ether oxygens (including phenoxy) is 1. The number of aromatic hydroxyl groups is 1. The molecule has 2 atom stereocenters. The monoisotopic (exact) mass is 324 g/mol. The molecule has 124 valence electrons. The lowest BCUT2D eigenvalue weighted by Crippen LogP contribution is -2.46. The number of hydrogen-bond donors (Lipinski definition) is 2. The van der Waals surface area contributed by atoms with Crippen molar-refractivity contribution in [1.29, 1.82) is 0 Å². The van der Waals surface area contributed by atoms with Crippen molar-refractivity contribution in [3.63, 3.8) is 0 Å². The molecule has 5 nitrogen and oxygen atoms in total. The van der Waals surface area contributed by atoms with Crippen molar-refractivity contribution in [3.8, 4) is 5.75 Å². The summed E-state index contributed by atoms with van der Waals surface area (Å²) in [5.74, 6) is 0.227. The number of fused-ring (bicyclic) bond motifs is 1. The van der Waals surface area contributed by atoms with Gasteiger partial charge in [0.25, 0.3) is 5.91 Å². The van der Waals surface area contributed by atoms with Gasteiger partial charge in [-0.3, -0.25) is 4.79 Å². The third-order valence-corrected chi connectivity index (χ3v) is 4.66. The fourth-order valence-corrected chi connectivity index (χ4v) is 3.41. The molecule has 4 rings (SSSR count). The first kappa shape index (κ1) is 15.0. The summed E-state index contributed by atoms with van der Waals surface area (Å²) >= 11 is 0. The van der Waals surface area contributed by atoms with Crippen molar-refractivity contribution >= 4 is 11.6 Å². The number of anilines is 1. The van der Waals surface area contributed by atoms with E-state index in [1.165, 1.54) is 0 Å². The minimum atomic E-state index is -0.266. The minimum Gasteiger partial charge on any atom is -0.508 e. The maximum atomic E-state index is 13.0. The Morgan fingerprint density at radius 1 is 1.17 bits per heavy atom. The molecule has 0 bridgehead atoms. The second-order valence-corrected chi connectivity index (χ2v) is 6.28. The van der Waals surface area contributed by atoms with Crippen LogP contribution < -0.4 is 5.32 Å². The van der Waals surface area contributed by atoms with Crippen LogP contribution in [0.4, 0.5) is 5.69 Å². The number of amides is 1. The highest BCUT2D eigenvalue weighted by Crippen LogP contribution is 2.34. The molecule has 2 unspecified atom stereocenters. The van der Waals surface area contributed by atoms with Crippen LogP contribution in [0.15, 0.2) is 48.5 Å². The SMILES string of the molecule is O=C1c2ccccc2NC(c2ccc(O)cc2)N1CC1CCCO1. The molecule has 0 aliphatic carbocycles. The quantitative estimate of drug-likeness (QED) is 0.910. The lowest BCUT2D eigenvalue weighted by Gasteiger charge is -2.39. The van der Waals surface area contributed by atoms with Crippen LogP contribution in [0, 0.1) is 0 Å². The number of nitrogens with zero attached hydrogens (tertiary/aromatic N) is 1. The third kappa shape index (κ3) is 2.71. The number of carbonyl (C=O) groups is 1. The second kappa shape index (κ2) is 6.17. The number of phenols is 1. The molecule has 0 spiro atoms. The highest BCUT2D eigenvalue weighted by Gasteiger charge is 2.35. The Kier molecular flexibility index (Phi) is 3.86. The van der Waals surface area contributed by atoms with Crippen molar-refractivity contribution in [2.24, 2.45) is 0 Å². The maximum Gasteiger partial charge on any atom is 0.257 e. The number of benzene rings is 2. The van der Waals surface area contributed by atoms with E-state index in [2.05, 4.69) is 5.32 Å². The molecule has 1 fully saturated rings. The second-order valence-electron chi connectivity index (χ2n) is 6.28. The number of nitrogens with one attached hydrogen (secondary N) is 1. The number of phenolic OH excluding ortho intramolecular Hbond substituents is 1. The number of para-hydroxylation sites is 1. The largest absolute Gasteiger partial charge is 0.508 e. The van der Waals surface area contributed by atoms with Gasteiger partial charge in [-0.2, -0.15) is 0 Å². The molecule has 5 heteroatoms. The van der Waals surface area contributed by atoms with E-state index in [1.807, 2.05) is 41.3 Å². The molecule has 0 radical (unpaired) electrons. The van der Waals surface area contributed by atoms with Crippen molar-refractivity contribution < 1.29 is 14.6 Å². The van der Waals surface area contributed by atoms with E-state index in [4.69, 9.17) is 4.74 Å². The summed E-state index contributed by atoms with van der Waals surface area (Å²) in [7, 11) is 0. The average molecular weight is 324 g/mol. The van der Waals surface area contributed by atoms with Crippen LogP contribution in [-0.4, -0.2) is 35.2 Å². The van der Waals surface area contributed by atoms with Gasteiger partial charge >= 0.3 is 0 Å². The van der Waals surface area contributed by atoms with Crippen LogP contribution >= 0.6 is 0 Å². The zero-order chi connectivity index (χ0) is 16.5. The summed E-state index contributed by atoms with van der Waals surface area (Å²) in [6.45, 7) is 1.33. The van der Waals surface area contributed by atoms with Gasteiger partial charge in [-0.25, -0.2) is 0 Å². The van der Waals surface area contributed by atoms with E-state index in [0.29, 0.717) is 12.1 Å². The fraction of sp³-hybridized carbons (Fsp3) is 0.316. The first-order valence-electron chi connectivity index (χ1n) is 8.29. The molecule has 2 aliphatic heterocycles. The summed E-state index contributed by atoms with van der Waals surface area (Å²) < 4.78 is 5.73. The van der Waals surface area contributed by atoms with Gasteiger partial charge in [0, 0.05) is 18.8 Å². The fourth-order valence-electron chi connectivity index (χ4n) is 3.41. The predicted octanol–water partition coefficient (Wildman–Crippen LogP) is 3.14. The lowest BCUT2D eigenvalue weighted by atomic mass is 10.0. The standard InChI is InChI=1S/C19H20N2O3/c22-14-9-7-13(8-10-14)18-20-17-6-2-1-5-16(17)19(23)21(18)12-15-4-3-11-24-15/h1-2,5-10,15,18,20,22H,3-4,11-12H2. The van der Waals surface area contributed by atoms with Crippen LogP contribution in [0.5, 0.6) is 5.75 Å². The van der Waals surface area contributed by atoms with E-state index >= 15 is 0 Å². The van der Waals surface area contributed by atoms with Gasteiger partial charge in [-0.1, -0.05) is 24.3 Å². The van der Waals surface area contributed by atoms with Crippen molar-refractivity contribution in [1.82, 2.24) is 4.90 Å². The van der Waals surface area contributed by atoms with Crippen molar-refractivity contribution in [3.05, 3.63) is 59.7 Å². The van der Waals surface area contributed by atoms with Gasteiger partial charge in [0.1, 0.15) is 11.9 Å². The van der Waals surface area contributed by atoms with Gasteiger partial charge in [0.2, 0.25) is 0 Å². The van der Waals surface area contributed by atoms with E-state index in [0.717, 1.165) is 30.7 Å². The molecule has 2 heterocycles. The van der Waals surface area contributed by atoms with E-state index in [-0.39, 0.29) is 23.9 Å². The molecular weight excluding hydrogens is 304 g/mol. The molecular formula is C19H20N2O3. The molecule has 2 aromatic rings. The van der Waals surface area contributed by atoms with Gasteiger partial charge in [0.15, 0.2) is 0 Å². The van der Waals surface area contributed by atoms with Crippen LogP contribution in [0.1, 0.15) is 34.9 Å². The Morgan fingerprint density at radius 2 is 1.96 bits per heavy atom. The van der Waals surface area contributed by atoms with Gasteiger partial charge in [0.05, 0.1) is 11.7 Å². The molecule has 1 amide bonds. The smallest absolute Gasteiger partial charge is 0.257 e. The van der Waals surface area contributed by atoms with E-state index in [9.17, 15) is 9.90 Å². The van der Waals surface area contributed by atoms with Gasteiger partial charge in [-0.05, 0) is 42.7 Å². The zero-order valence-corrected chi connectivity index (χ0v) is 13.3. The summed E-state index contributed by atoms with van der Waals surface area (Å²) in [5, 5.41) is 13.0. The molecule has 1 saturated heterocycles. The average Bonchev–Trinajstić information content (AvgIpc) is 3.11. The van der Waals surface area contributed by atoms with E-state index in [1.54, 1.807) is 12.1 Å². The van der Waals surface area contributed by atoms with Crippen LogP contribution in [0.3, 0.4) is 0 Å². The van der Waals surface area contributed by atoms with Crippen LogP contribution in [-0.2, 0) is 4.74 Å². The maximum absolute atomic E-state index is 13.0. The first-order valence-corrected chi connectivity index (χ1v) is 8.29. The summed E-state index contributed by atoms with van der Waals surface area (Å²) in [4.78, 5) is 14.9. The lowest BCUT2D eigenvalue weighted by molar-refractivity contribution is 0.0427. The predicted molar refractivity (Wildman–Crippen MR) is 90.9 cm³/mol. The van der Waals surface area contributed by atoms with E-state index < -0.39 is 0 Å². The summed E-state index contributed by atoms with van der Waals surface area (Å²) in [5.41, 5.74) is 2.46. The normalized spacial score (nSPS) is 23.0. The Morgan fingerprint density at radius 3 is 2.71 bits per heavy atom. The molecule has 24 heavy (non-hydrogen) atoms. The highest BCUT2D eigenvalue weighted by atomic mass is 16.5. The number of carbonyl (C=O) groups excluding carboxylic acids is 1. The Bertz CT molecular complexity index is 739. The van der Waals surface area contributed by atoms with Crippen LogP contribution in [0.25, 0.3) is 0 Å². The van der Waals surface area contributed by atoms with Crippen molar-refractivity contribution in [2.75, 3.05) is 18.5 Å². The number of rotatable bonds is 3. The van der Waals surface area contributed by atoms with Gasteiger partial charge in [-0.15, -0.1) is 0 Å². The Labute approximate surface area is 140 Å². The Hall–Kier alpha value is -2.53. The zero-order valence-electron chi connectivity index (χ0n) is 13.3. The molecule has 0 aromatic heterocycles.